The fraction of sp³-hybridized carbons (Fsp3) is 0.833. The van der Waals surface area contributed by atoms with Gasteiger partial charge in [0.05, 0.1) is 0 Å². The van der Waals surface area contributed by atoms with Crippen LogP contribution in [0.25, 0.3) is 0 Å². The van der Waals surface area contributed by atoms with Crippen LogP contribution in [0.3, 0.4) is 0 Å². The predicted octanol–water partition coefficient (Wildman–Crippen LogP) is 2.78. The number of hydrogen-bond acceptors (Lipinski definition) is 2. The van der Waals surface area contributed by atoms with Crippen LogP contribution < -0.4 is 0 Å². The summed E-state index contributed by atoms with van der Waals surface area (Å²) in [5.74, 6) is -0.462. The molecule has 1 saturated carbocycles. The van der Waals surface area contributed by atoms with Crippen molar-refractivity contribution in [1.29, 1.82) is 0 Å². The number of hydrogen-bond donors (Lipinski definition) is 1. The molecule has 0 amide bonds. The largest absolute Gasteiger partial charge is 0.481 e. The van der Waals surface area contributed by atoms with Gasteiger partial charge >= 0.3 is 5.97 Å². The average molecular weight is 212 g/mol. The maximum Gasteiger partial charge on any atom is 0.303 e. The van der Waals surface area contributed by atoms with Crippen LogP contribution >= 0.6 is 0 Å². The van der Waals surface area contributed by atoms with E-state index in [2.05, 4.69) is 0 Å². The molecule has 1 aliphatic carbocycles. The summed E-state index contributed by atoms with van der Waals surface area (Å²) in [5.41, 5.74) is 0.307. The van der Waals surface area contributed by atoms with Gasteiger partial charge in [0, 0.05) is 12.8 Å². The second kappa shape index (κ2) is 5.29. The van der Waals surface area contributed by atoms with Gasteiger partial charge in [-0.1, -0.05) is 6.42 Å². The third-order valence-electron chi connectivity index (χ3n) is 3.52. The lowest BCUT2D eigenvalue weighted by Crippen LogP contribution is -2.30. The Hall–Kier alpha value is -0.860. The summed E-state index contributed by atoms with van der Waals surface area (Å²) in [7, 11) is 0. The number of rotatable bonds is 7. The second-order valence-corrected chi connectivity index (χ2v) is 4.80. The number of Topliss-reactive ketones (excluding diaryl/α,β-unsaturated/α-hetero) is 1. The molecule has 1 aliphatic rings. The van der Waals surface area contributed by atoms with Gasteiger partial charge in [-0.2, -0.15) is 0 Å². The maximum absolute atomic E-state index is 10.9. The molecular formula is C12H20O3. The molecule has 1 fully saturated rings. The van der Waals surface area contributed by atoms with E-state index in [1.807, 2.05) is 0 Å². The van der Waals surface area contributed by atoms with Crippen molar-refractivity contribution in [2.24, 2.45) is 5.41 Å². The molecule has 86 valence electrons. The first-order valence-corrected chi connectivity index (χ1v) is 5.75. The van der Waals surface area contributed by atoms with E-state index in [1.165, 1.54) is 19.3 Å². The standard InChI is InChI=1S/C12H20O3/c1-10(13)5-9-12(7-3-8-12)6-2-4-11(14)15/h2-9H2,1H3,(H,14,15). The van der Waals surface area contributed by atoms with Crippen molar-refractivity contribution in [3.63, 3.8) is 0 Å². The van der Waals surface area contributed by atoms with Crippen LogP contribution in [-0.2, 0) is 9.59 Å². The van der Waals surface area contributed by atoms with Crippen LogP contribution in [0.5, 0.6) is 0 Å². The van der Waals surface area contributed by atoms with Crippen molar-refractivity contribution in [2.45, 2.75) is 58.3 Å². The first-order chi connectivity index (χ1) is 7.04. The highest BCUT2D eigenvalue weighted by Crippen LogP contribution is 2.48. The number of aliphatic carboxylic acids is 1. The van der Waals surface area contributed by atoms with Gasteiger partial charge in [-0.05, 0) is 44.4 Å². The number of carbonyl (C=O) groups excluding carboxylic acids is 1. The number of carboxylic acids is 1. The predicted molar refractivity (Wildman–Crippen MR) is 57.7 cm³/mol. The van der Waals surface area contributed by atoms with Crippen molar-refractivity contribution in [1.82, 2.24) is 0 Å². The van der Waals surface area contributed by atoms with Crippen molar-refractivity contribution in [3.8, 4) is 0 Å². The lowest BCUT2D eigenvalue weighted by atomic mass is 9.63. The van der Waals surface area contributed by atoms with Gasteiger partial charge in [0.1, 0.15) is 5.78 Å². The van der Waals surface area contributed by atoms with Crippen LogP contribution in [0, 0.1) is 5.41 Å². The van der Waals surface area contributed by atoms with Crippen LogP contribution in [0.15, 0.2) is 0 Å². The van der Waals surface area contributed by atoms with E-state index >= 15 is 0 Å². The van der Waals surface area contributed by atoms with E-state index in [4.69, 9.17) is 5.11 Å². The quantitative estimate of drug-likeness (QED) is 0.706. The van der Waals surface area contributed by atoms with Gasteiger partial charge in [0.25, 0.3) is 0 Å². The second-order valence-electron chi connectivity index (χ2n) is 4.80. The van der Waals surface area contributed by atoms with Crippen LogP contribution in [0.2, 0.25) is 0 Å². The Bertz CT molecular complexity index is 241. The van der Waals surface area contributed by atoms with E-state index in [0.29, 0.717) is 11.8 Å². The van der Waals surface area contributed by atoms with Gasteiger partial charge in [-0.3, -0.25) is 4.79 Å². The van der Waals surface area contributed by atoms with Crippen molar-refractivity contribution in [2.75, 3.05) is 0 Å². The molecule has 0 radical (unpaired) electrons. The molecule has 3 nitrogen and oxygen atoms in total. The Balaban J connectivity index is 2.26. The molecule has 0 saturated heterocycles. The van der Waals surface area contributed by atoms with Crippen LogP contribution in [0.1, 0.15) is 58.3 Å². The monoisotopic (exact) mass is 212 g/mol. The minimum absolute atomic E-state index is 0.250. The van der Waals surface area contributed by atoms with Crippen molar-refractivity contribution >= 4 is 11.8 Å². The highest BCUT2D eigenvalue weighted by molar-refractivity contribution is 5.75. The van der Waals surface area contributed by atoms with E-state index in [-0.39, 0.29) is 12.2 Å². The number of ketones is 1. The van der Waals surface area contributed by atoms with E-state index in [1.54, 1.807) is 6.92 Å². The van der Waals surface area contributed by atoms with E-state index < -0.39 is 5.97 Å². The molecule has 0 aromatic heterocycles. The topological polar surface area (TPSA) is 54.4 Å². The van der Waals surface area contributed by atoms with E-state index in [0.717, 1.165) is 19.3 Å². The fourth-order valence-corrected chi connectivity index (χ4v) is 2.36. The summed E-state index contributed by atoms with van der Waals surface area (Å²) in [6.07, 6.45) is 7.22. The molecule has 0 heterocycles. The zero-order valence-corrected chi connectivity index (χ0v) is 9.42. The molecular weight excluding hydrogens is 192 g/mol. The van der Waals surface area contributed by atoms with Crippen molar-refractivity contribution in [3.05, 3.63) is 0 Å². The number of carboxylic acid groups (broad SMARTS) is 1. The molecule has 0 aromatic carbocycles. The lowest BCUT2D eigenvalue weighted by molar-refractivity contribution is -0.137. The Morgan fingerprint density at radius 2 is 1.87 bits per heavy atom. The van der Waals surface area contributed by atoms with Gasteiger partial charge < -0.3 is 9.90 Å². The zero-order valence-electron chi connectivity index (χ0n) is 9.42. The third-order valence-corrected chi connectivity index (χ3v) is 3.52. The average Bonchev–Trinajstić information content (AvgIpc) is 2.07. The third kappa shape index (κ3) is 4.02. The molecule has 0 spiro atoms. The highest BCUT2D eigenvalue weighted by atomic mass is 16.4. The Labute approximate surface area is 90.9 Å². The summed E-state index contributed by atoms with van der Waals surface area (Å²) >= 11 is 0. The molecule has 0 atom stereocenters. The normalized spacial score (nSPS) is 18.2. The molecule has 0 unspecified atom stereocenters. The SMILES string of the molecule is CC(=O)CCC1(CCCC(=O)O)CCC1. The van der Waals surface area contributed by atoms with Gasteiger partial charge in [0.2, 0.25) is 0 Å². The minimum Gasteiger partial charge on any atom is -0.481 e. The lowest BCUT2D eigenvalue weighted by Gasteiger charge is -2.42. The first-order valence-electron chi connectivity index (χ1n) is 5.75. The maximum atomic E-state index is 10.9. The highest BCUT2D eigenvalue weighted by Gasteiger charge is 2.35. The molecule has 0 aliphatic heterocycles. The number of carbonyl (C=O) groups is 2. The Kier molecular flexibility index (Phi) is 4.30. The van der Waals surface area contributed by atoms with E-state index in [9.17, 15) is 9.59 Å². The molecule has 0 aromatic rings. The summed E-state index contributed by atoms with van der Waals surface area (Å²) in [5, 5.41) is 8.57. The van der Waals surface area contributed by atoms with Gasteiger partial charge in [-0.25, -0.2) is 0 Å². The summed E-state index contributed by atoms with van der Waals surface area (Å²) < 4.78 is 0. The summed E-state index contributed by atoms with van der Waals surface area (Å²) in [6, 6.07) is 0. The minimum atomic E-state index is -0.712. The van der Waals surface area contributed by atoms with Crippen LogP contribution in [-0.4, -0.2) is 16.9 Å². The molecule has 3 heteroatoms. The molecule has 0 bridgehead atoms. The molecule has 1 rings (SSSR count). The van der Waals surface area contributed by atoms with Gasteiger partial charge in [0.15, 0.2) is 0 Å². The smallest absolute Gasteiger partial charge is 0.303 e. The van der Waals surface area contributed by atoms with Gasteiger partial charge in [-0.15, -0.1) is 0 Å². The molecule has 1 N–H and O–H groups in total. The Morgan fingerprint density at radius 3 is 2.27 bits per heavy atom. The zero-order chi connectivity index (χ0) is 11.3. The summed E-state index contributed by atoms with van der Waals surface area (Å²) in [4.78, 5) is 21.3. The van der Waals surface area contributed by atoms with Crippen molar-refractivity contribution < 1.29 is 14.7 Å². The summed E-state index contributed by atoms with van der Waals surface area (Å²) in [6.45, 7) is 1.63. The first kappa shape index (κ1) is 12.2. The Morgan fingerprint density at radius 1 is 1.20 bits per heavy atom. The van der Waals surface area contributed by atoms with Crippen LogP contribution in [0.4, 0.5) is 0 Å². The fourth-order valence-electron chi connectivity index (χ4n) is 2.36. The molecule has 15 heavy (non-hydrogen) atoms.